The summed E-state index contributed by atoms with van der Waals surface area (Å²) in [5, 5.41) is 5.02. The summed E-state index contributed by atoms with van der Waals surface area (Å²) < 4.78 is 46.5. The van der Waals surface area contributed by atoms with E-state index < -0.39 is 48.4 Å². The second kappa shape index (κ2) is 12.5. The van der Waals surface area contributed by atoms with Gasteiger partial charge in [-0.25, -0.2) is 9.79 Å². The van der Waals surface area contributed by atoms with Crippen molar-refractivity contribution in [3.8, 4) is 0 Å². The topological polar surface area (TPSA) is 100 Å². The summed E-state index contributed by atoms with van der Waals surface area (Å²) in [6, 6.07) is 22.4. The molecule has 0 saturated carbocycles. The zero-order valence-corrected chi connectivity index (χ0v) is 23.3. The van der Waals surface area contributed by atoms with Gasteiger partial charge in [-0.3, -0.25) is 14.5 Å². The molecule has 0 spiro atoms. The number of carbonyl (C=O) groups is 3. The van der Waals surface area contributed by atoms with E-state index in [9.17, 15) is 27.6 Å². The molecule has 2 atom stereocenters. The van der Waals surface area contributed by atoms with Crippen LogP contribution in [0.1, 0.15) is 37.5 Å². The molecule has 3 amide bonds. The van der Waals surface area contributed by atoms with E-state index in [-0.39, 0.29) is 17.8 Å². The minimum absolute atomic E-state index is 0.00638. The summed E-state index contributed by atoms with van der Waals surface area (Å²) in [6.07, 6.45) is -7.30. The molecule has 2 N–H and O–H groups in total. The smallest absolute Gasteiger partial charge is 0.408 e. The lowest BCUT2D eigenvalue weighted by Gasteiger charge is -2.27. The fraction of sp³-hybridized carbons (Fsp3) is 0.290. The number of halogens is 3. The predicted octanol–water partition coefficient (Wildman–Crippen LogP) is 5.01. The first-order valence-electron chi connectivity index (χ1n) is 13.3. The van der Waals surface area contributed by atoms with Crippen molar-refractivity contribution < 1.29 is 32.3 Å². The van der Waals surface area contributed by atoms with Gasteiger partial charge in [0.1, 0.15) is 18.2 Å². The van der Waals surface area contributed by atoms with Gasteiger partial charge in [-0.1, -0.05) is 78.9 Å². The molecule has 0 aliphatic carbocycles. The van der Waals surface area contributed by atoms with Crippen LogP contribution in [0.4, 0.5) is 23.7 Å². The average molecular weight is 581 g/mol. The lowest BCUT2D eigenvalue weighted by molar-refractivity contribution is -0.135. The van der Waals surface area contributed by atoms with E-state index in [1.165, 1.54) is 12.1 Å². The van der Waals surface area contributed by atoms with Crippen molar-refractivity contribution in [3.63, 3.8) is 0 Å². The lowest BCUT2D eigenvalue weighted by Crippen LogP contribution is -2.55. The van der Waals surface area contributed by atoms with Gasteiger partial charge in [-0.15, -0.1) is 0 Å². The molecular weight excluding hydrogens is 549 g/mol. The number of anilines is 1. The number of benzene rings is 3. The van der Waals surface area contributed by atoms with E-state index in [2.05, 4.69) is 15.6 Å². The number of rotatable bonds is 7. The average Bonchev–Trinajstić information content (AvgIpc) is 3.03. The van der Waals surface area contributed by atoms with Gasteiger partial charge in [-0.2, -0.15) is 13.2 Å². The Hall–Kier alpha value is -4.67. The second-order valence-electron chi connectivity index (χ2n) is 10.7. The number of alkyl halides is 3. The van der Waals surface area contributed by atoms with Gasteiger partial charge in [-0.05, 0) is 32.4 Å². The number of carbonyl (C=O) groups excluding carboxylic acids is 3. The third-order valence-corrected chi connectivity index (χ3v) is 6.16. The van der Waals surface area contributed by atoms with E-state index in [0.717, 1.165) is 0 Å². The number of alkyl carbamates (subject to hydrolysis) is 1. The third-order valence-electron chi connectivity index (χ3n) is 6.16. The van der Waals surface area contributed by atoms with Crippen LogP contribution in [0.3, 0.4) is 0 Å². The molecule has 0 unspecified atom stereocenters. The summed E-state index contributed by atoms with van der Waals surface area (Å²) in [4.78, 5) is 45.0. The number of hydrogen-bond donors (Lipinski definition) is 2. The molecule has 0 saturated heterocycles. The number of nitrogens with one attached hydrogen (secondary N) is 2. The molecule has 8 nitrogen and oxygen atoms in total. The van der Waals surface area contributed by atoms with E-state index >= 15 is 0 Å². The van der Waals surface area contributed by atoms with Gasteiger partial charge in [0.15, 0.2) is 0 Å². The third kappa shape index (κ3) is 7.96. The second-order valence-corrected chi connectivity index (χ2v) is 10.7. The number of benzodiazepines with no additional fused rings is 1. The van der Waals surface area contributed by atoms with Crippen LogP contribution >= 0.6 is 0 Å². The van der Waals surface area contributed by atoms with E-state index in [0.29, 0.717) is 21.6 Å². The van der Waals surface area contributed by atoms with Crippen LogP contribution in [-0.4, -0.2) is 54.1 Å². The molecular formula is C31H31F3N4O4. The van der Waals surface area contributed by atoms with Crippen molar-refractivity contribution >= 4 is 29.3 Å². The Kier molecular flexibility index (Phi) is 8.99. The largest absolute Gasteiger partial charge is 0.444 e. The Morgan fingerprint density at radius 3 is 2.14 bits per heavy atom. The Morgan fingerprint density at radius 2 is 1.52 bits per heavy atom. The van der Waals surface area contributed by atoms with Gasteiger partial charge in [0.2, 0.25) is 12.1 Å². The monoisotopic (exact) mass is 580 g/mol. The van der Waals surface area contributed by atoms with Crippen LogP contribution in [0.25, 0.3) is 0 Å². The summed E-state index contributed by atoms with van der Waals surface area (Å²) in [5.74, 6) is -1.90. The van der Waals surface area contributed by atoms with Gasteiger partial charge in [0, 0.05) is 17.5 Å². The molecule has 0 aromatic heterocycles. The zero-order valence-electron chi connectivity index (χ0n) is 23.3. The van der Waals surface area contributed by atoms with Crippen molar-refractivity contribution in [3.05, 3.63) is 102 Å². The maximum Gasteiger partial charge on any atom is 0.408 e. The fourth-order valence-corrected chi connectivity index (χ4v) is 4.44. The molecule has 0 radical (unpaired) electrons. The molecule has 3 aromatic carbocycles. The first-order valence-corrected chi connectivity index (χ1v) is 13.3. The van der Waals surface area contributed by atoms with Crippen LogP contribution in [-0.2, 0) is 20.7 Å². The fourth-order valence-electron chi connectivity index (χ4n) is 4.44. The molecule has 0 bridgehead atoms. The minimum atomic E-state index is -4.73. The minimum Gasteiger partial charge on any atom is -0.444 e. The molecule has 0 fully saturated rings. The van der Waals surface area contributed by atoms with Gasteiger partial charge < -0.3 is 15.4 Å². The number of fused-ring (bicyclic) bond motifs is 1. The Balaban J connectivity index is 1.73. The molecule has 4 rings (SSSR count). The zero-order chi connectivity index (χ0) is 30.5. The van der Waals surface area contributed by atoms with Gasteiger partial charge >= 0.3 is 12.3 Å². The highest BCUT2D eigenvalue weighted by molar-refractivity contribution is 6.20. The number of para-hydroxylation sites is 1. The maximum atomic E-state index is 13.7. The Morgan fingerprint density at radius 1 is 0.929 bits per heavy atom. The van der Waals surface area contributed by atoms with Gasteiger partial charge in [0.25, 0.3) is 5.91 Å². The summed E-state index contributed by atoms with van der Waals surface area (Å²) in [5.41, 5.74) is 0.916. The van der Waals surface area contributed by atoms with Crippen LogP contribution in [0.15, 0.2) is 89.9 Å². The predicted molar refractivity (Wildman–Crippen MR) is 152 cm³/mol. The van der Waals surface area contributed by atoms with E-state index in [1.54, 1.807) is 93.6 Å². The van der Waals surface area contributed by atoms with Crippen LogP contribution < -0.4 is 15.5 Å². The Labute approximate surface area is 241 Å². The van der Waals surface area contributed by atoms with Crippen LogP contribution in [0, 0.1) is 0 Å². The van der Waals surface area contributed by atoms with Crippen LogP contribution in [0.5, 0.6) is 0 Å². The van der Waals surface area contributed by atoms with E-state index in [4.69, 9.17) is 4.74 Å². The van der Waals surface area contributed by atoms with Crippen molar-refractivity contribution in [1.29, 1.82) is 0 Å². The first-order chi connectivity index (χ1) is 19.8. The highest BCUT2D eigenvalue weighted by Gasteiger charge is 2.40. The maximum absolute atomic E-state index is 13.7. The van der Waals surface area contributed by atoms with Crippen molar-refractivity contribution in [2.24, 2.45) is 4.99 Å². The molecule has 220 valence electrons. The molecule has 42 heavy (non-hydrogen) atoms. The molecule has 11 heteroatoms. The first kappa shape index (κ1) is 30.3. The quantitative estimate of drug-likeness (QED) is 0.410. The number of aliphatic imine (C=N–C) groups is 1. The lowest BCUT2D eigenvalue weighted by atomic mass is 10.0. The number of hydrogen-bond acceptors (Lipinski definition) is 5. The van der Waals surface area contributed by atoms with Crippen molar-refractivity contribution in [2.75, 3.05) is 11.4 Å². The van der Waals surface area contributed by atoms with Crippen molar-refractivity contribution in [2.45, 2.75) is 51.2 Å². The van der Waals surface area contributed by atoms with E-state index in [1.807, 2.05) is 0 Å². The number of nitrogens with zero attached hydrogens (tertiary/aromatic N) is 2. The summed E-state index contributed by atoms with van der Waals surface area (Å²) >= 11 is 0. The molecule has 1 aliphatic heterocycles. The normalized spacial score (nSPS) is 16.0. The SMILES string of the molecule is CC(C)(C)OC(=O)N[C@H](Cc1ccccc1)C(=O)N[C@@H]1N=C(c2ccccc2)c2ccccc2N(CC(F)(F)F)C1=O. The Bertz CT molecular complexity index is 1450. The summed E-state index contributed by atoms with van der Waals surface area (Å²) in [6.45, 7) is 3.40. The van der Waals surface area contributed by atoms with Crippen molar-refractivity contribution in [1.82, 2.24) is 10.6 Å². The standard InChI is InChI=1S/C31H31F3N4O4/c1-30(2,3)42-29(41)35-23(18-20-12-6-4-7-13-20)27(39)37-26-28(40)38(19-31(32,33)34)24-17-11-10-16-22(24)25(36-26)21-14-8-5-9-15-21/h4-17,23,26H,18-19H2,1-3H3,(H,35,41)(H,37,39)/t23-,26+/m1/s1. The molecule has 1 heterocycles. The van der Waals surface area contributed by atoms with Gasteiger partial charge in [0.05, 0.1) is 11.4 Å². The highest BCUT2D eigenvalue weighted by atomic mass is 19.4. The molecule has 3 aromatic rings. The summed E-state index contributed by atoms with van der Waals surface area (Å²) in [7, 11) is 0. The number of ether oxygens (including phenoxy) is 1. The number of amides is 3. The highest BCUT2D eigenvalue weighted by Crippen LogP contribution is 2.31. The van der Waals surface area contributed by atoms with Crippen LogP contribution in [0.2, 0.25) is 0 Å². The molecule has 1 aliphatic rings.